The van der Waals surface area contributed by atoms with Crippen LogP contribution in [-0.4, -0.2) is 34.7 Å². The second kappa shape index (κ2) is 6.50. The summed E-state index contributed by atoms with van der Waals surface area (Å²) in [7, 11) is 0. The van der Waals surface area contributed by atoms with Crippen LogP contribution in [0.1, 0.15) is 28.9 Å². The fourth-order valence-corrected chi connectivity index (χ4v) is 1.74. The highest BCUT2D eigenvalue weighted by atomic mass is 32.2. The van der Waals surface area contributed by atoms with Gasteiger partial charge in [0.05, 0.1) is 11.8 Å². The highest BCUT2D eigenvalue weighted by Gasteiger charge is 2.09. The molecular weight excluding hydrogens is 210 g/mol. The van der Waals surface area contributed by atoms with E-state index in [1.807, 2.05) is 18.7 Å². The molecule has 5 heteroatoms. The first kappa shape index (κ1) is 12.1. The van der Waals surface area contributed by atoms with Gasteiger partial charge in [-0.25, -0.2) is 0 Å². The number of aryl methyl sites for hydroxylation is 1. The lowest BCUT2D eigenvalue weighted by molar-refractivity contribution is 0.0952. The van der Waals surface area contributed by atoms with Crippen LogP contribution in [0.25, 0.3) is 0 Å². The maximum Gasteiger partial charge on any atom is 0.254 e. The van der Waals surface area contributed by atoms with Gasteiger partial charge in [-0.2, -0.15) is 16.9 Å². The first-order valence-corrected chi connectivity index (χ1v) is 6.42. The number of carbonyl (C=O) groups is 1. The average molecular weight is 227 g/mol. The molecule has 0 saturated carbocycles. The molecule has 15 heavy (non-hydrogen) atoms. The van der Waals surface area contributed by atoms with Crippen molar-refractivity contribution < 1.29 is 4.79 Å². The number of nitrogens with zero attached hydrogens (tertiary/aromatic N) is 1. The summed E-state index contributed by atoms with van der Waals surface area (Å²) >= 11 is 1.83. The number of H-pyrrole nitrogens is 1. The Hall–Kier alpha value is -0.970. The van der Waals surface area contributed by atoms with Gasteiger partial charge in [0, 0.05) is 12.2 Å². The minimum absolute atomic E-state index is 0.0367. The molecule has 1 aromatic heterocycles. The molecule has 84 valence electrons. The van der Waals surface area contributed by atoms with Gasteiger partial charge in [-0.1, -0.05) is 0 Å². The van der Waals surface area contributed by atoms with Gasteiger partial charge >= 0.3 is 0 Å². The number of thioether (sulfide) groups is 1. The summed E-state index contributed by atoms with van der Waals surface area (Å²) in [6, 6.07) is 0. The maximum absolute atomic E-state index is 11.6. The Morgan fingerprint density at radius 2 is 2.40 bits per heavy atom. The number of hydrogen-bond donors (Lipinski definition) is 2. The van der Waals surface area contributed by atoms with E-state index < -0.39 is 0 Å². The Balaban J connectivity index is 2.22. The molecule has 0 aromatic carbocycles. The molecule has 1 amide bonds. The first-order chi connectivity index (χ1) is 7.25. The fourth-order valence-electron chi connectivity index (χ4n) is 1.25. The topological polar surface area (TPSA) is 57.8 Å². The molecular formula is C10H17N3OS. The molecule has 0 atom stereocenters. The highest BCUT2D eigenvalue weighted by molar-refractivity contribution is 7.98. The molecule has 0 aliphatic rings. The zero-order chi connectivity index (χ0) is 11.1. The second-order valence-electron chi connectivity index (χ2n) is 3.36. The largest absolute Gasteiger partial charge is 0.352 e. The van der Waals surface area contributed by atoms with Crippen LogP contribution < -0.4 is 5.32 Å². The summed E-state index contributed by atoms with van der Waals surface area (Å²) < 4.78 is 0. The van der Waals surface area contributed by atoms with E-state index in [4.69, 9.17) is 0 Å². The van der Waals surface area contributed by atoms with E-state index in [0.29, 0.717) is 5.56 Å². The van der Waals surface area contributed by atoms with Crippen LogP contribution in [0.5, 0.6) is 0 Å². The molecule has 1 rings (SSSR count). The van der Waals surface area contributed by atoms with Crippen molar-refractivity contribution in [2.75, 3.05) is 18.6 Å². The van der Waals surface area contributed by atoms with Crippen LogP contribution in [0, 0.1) is 6.92 Å². The smallest absolute Gasteiger partial charge is 0.254 e. The van der Waals surface area contributed by atoms with Crippen LogP contribution in [0.3, 0.4) is 0 Å². The van der Waals surface area contributed by atoms with Gasteiger partial charge in [-0.3, -0.25) is 9.89 Å². The zero-order valence-corrected chi connectivity index (χ0v) is 9.99. The molecule has 4 nitrogen and oxygen atoms in total. The monoisotopic (exact) mass is 227 g/mol. The first-order valence-electron chi connectivity index (χ1n) is 5.03. The predicted octanol–water partition coefficient (Wildman–Crippen LogP) is 1.59. The van der Waals surface area contributed by atoms with Crippen LogP contribution in [0.15, 0.2) is 6.20 Å². The van der Waals surface area contributed by atoms with E-state index in [-0.39, 0.29) is 5.91 Å². The van der Waals surface area contributed by atoms with Crippen molar-refractivity contribution in [1.29, 1.82) is 0 Å². The van der Waals surface area contributed by atoms with Crippen LogP contribution in [0.4, 0.5) is 0 Å². The third-order valence-electron chi connectivity index (χ3n) is 2.14. The molecule has 0 bridgehead atoms. The Morgan fingerprint density at radius 1 is 1.60 bits per heavy atom. The molecule has 0 spiro atoms. The van der Waals surface area contributed by atoms with E-state index in [9.17, 15) is 4.79 Å². The molecule has 0 radical (unpaired) electrons. The third-order valence-corrected chi connectivity index (χ3v) is 2.83. The molecule has 0 unspecified atom stereocenters. The summed E-state index contributed by atoms with van der Waals surface area (Å²) in [5.41, 5.74) is 1.46. The minimum Gasteiger partial charge on any atom is -0.352 e. The number of nitrogens with one attached hydrogen (secondary N) is 2. The number of unbranched alkanes of at least 4 members (excludes halogenated alkanes) is 1. The summed E-state index contributed by atoms with van der Waals surface area (Å²) in [6.45, 7) is 2.58. The Morgan fingerprint density at radius 3 is 3.00 bits per heavy atom. The average Bonchev–Trinajstić information content (AvgIpc) is 2.64. The van der Waals surface area contributed by atoms with Gasteiger partial charge < -0.3 is 5.32 Å². The van der Waals surface area contributed by atoms with Gasteiger partial charge in [-0.05, 0) is 31.8 Å². The van der Waals surface area contributed by atoms with E-state index in [1.54, 1.807) is 6.20 Å². The van der Waals surface area contributed by atoms with Crippen molar-refractivity contribution in [3.05, 3.63) is 17.5 Å². The number of aromatic nitrogens is 2. The number of aromatic amines is 1. The van der Waals surface area contributed by atoms with Crippen LogP contribution >= 0.6 is 11.8 Å². The Labute approximate surface area is 94.2 Å². The van der Waals surface area contributed by atoms with Gasteiger partial charge in [0.1, 0.15) is 0 Å². The van der Waals surface area contributed by atoms with Crippen LogP contribution in [-0.2, 0) is 0 Å². The number of amides is 1. The Bertz CT molecular complexity index is 311. The molecule has 1 aromatic rings. The molecule has 0 fully saturated rings. The molecule has 0 saturated heterocycles. The molecule has 1 heterocycles. The van der Waals surface area contributed by atoms with Gasteiger partial charge in [0.15, 0.2) is 0 Å². The van der Waals surface area contributed by atoms with Gasteiger partial charge in [0.25, 0.3) is 5.91 Å². The lowest BCUT2D eigenvalue weighted by Gasteiger charge is -2.03. The van der Waals surface area contributed by atoms with Crippen molar-refractivity contribution in [3.63, 3.8) is 0 Å². The van der Waals surface area contributed by atoms with E-state index in [0.717, 1.165) is 30.8 Å². The zero-order valence-electron chi connectivity index (χ0n) is 9.17. The van der Waals surface area contributed by atoms with Crippen molar-refractivity contribution in [2.45, 2.75) is 19.8 Å². The van der Waals surface area contributed by atoms with E-state index in [2.05, 4.69) is 21.8 Å². The van der Waals surface area contributed by atoms with E-state index in [1.165, 1.54) is 0 Å². The SMILES string of the molecule is CSCCCCNC(=O)c1cn[nH]c1C. The molecule has 0 aliphatic carbocycles. The molecule has 0 aliphatic heterocycles. The second-order valence-corrected chi connectivity index (χ2v) is 4.35. The highest BCUT2D eigenvalue weighted by Crippen LogP contribution is 2.02. The number of hydrogen-bond acceptors (Lipinski definition) is 3. The summed E-state index contributed by atoms with van der Waals surface area (Å²) in [4.78, 5) is 11.6. The standard InChI is InChI=1S/C10H17N3OS/c1-8-9(7-12-13-8)10(14)11-5-3-4-6-15-2/h7H,3-6H2,1-2H3,(H,11,14)(H,12,13). The van der Waals surface area contributed by atoms with Gasteiger partial charge in [-0.15, -0.1) is 0 Å². The van der Waals surface area contributed by atoms with Crippen molar-refractivity contribution in [1.82, 2.24) is 15.5 Å². The fraction of sp³-hybridized carbons (Fsp3) is 0.600. The summed E-state index contributed by atoms with van der Waals surface area (Å²) in [5.74, 6) is 1.12. The summed E-state index contributed by atoms with van der Waals surface area (Å²) in [6.07, 6.45) is 5.83. The number of carbonyl (C=O) groups excluding carboxylic acids is 1. The third kappa shape index (κ3) is 3.95. The summed E-state index contributed by atoms with van der Waals surface area (Å²) in [5, 5.41) is 9.43. The van der Waals surface area contributed by atoms with Gasteiger partial charge in [0.2, 0.25) is 0 Å². The quantitative estimate of drug-likeness (QED) is 0.726. The van der Waals surface area contributed by atoms with E-state index >= 15 is 0 Å². The maximum atomic E-state index is 11.6. The predicted molar refractivity (Wildman–Crippen MR) is 63.3 cm³/mol. The normalized spacial score (nSPS) is 10.3. The lowest BCUT2D eigenvalue weighted by atomic mass is 10.2. The Kier molecular flexibility index (Phi) is 5.25. The minimum atomic E-state index is -0.0367. The van der Waals surface area contributed by atoms with Crippen molar-refractivity contribution in [3.8, 4) is 0 Å². The van der Waals surface area contributed by atoms with Crippen LogP contribution in [0.2, 0.25) is 0 Å². The lowest BCUT2D eigenvalue weighted by Crippen LogP contribution is -2.24. The van der Waals surface area contributed by atoms with Crippen molar-refractivity contribution >= 4 is 17.7 Å². The molecule has 2 N–H and O–H groups in total. The number of rotatable bonds is 6. The van der Waals surface area contributed by atoms with Crippen molar-refractivity contribution in [2.24, 2.45) is 0 Å².